The van der Waals surface area contributed by atoms with Crippen LogP contribution in [0.5, 0.6) is 0 Å². The lowest BCUT2D eigenvalue weighted by atomic mass is 10.2. The molecule has 0 heterocycles. The SMILES string of the molecule is CCSCCC(NC(=O)CNC(=O)c1ccc(Cl)cc1Cl)C(=O)O. The van der Waals surface area contributed by atoms with E-state index in [0.29, 0.717) is 17.2 Å². The summed E-state index contributed by atoms with van der Waals surface area (Å²) < 4.78 is 0. The van der Waals surface area contributed by atoms with Crippen LogP contribution in [0.3, 0.4) is 0 Å². The van der Waals surface area contributed by atoms with Crippen molar-refractivity contribution in [2.45, 2.75) is 19.4 Å². The van der Waals surface area contributed by atoms with Gasteiger partial charge in [-0.2, -0.15) is 11.8 Å². The minimum Gasteiger partial charge on any atom is -0.480 e. The van der Waals surface area contributed by atoms with Crippen molar-refractivity contribution < 1.29 is 19.5 Å². The van der Waals surface area contributed by atoms with Gasteiger partial charge in [0.15, 0.2) is 0 Å². The molecule has 0 bridgehead atoms. The zero-order valence-corrected chi connectivity index (χ0v) is 15.3. The van der Waals surface area contributed by atoms with Gasteiger partial charge in [0.25, 0.3) is 5.91 Å². The van der Waals surface area contributed by atoms with Crippen molar-refractivity contribution in [2.75, 3.05) is 18.1 Å². The van der Waals surface area contributed by atoms with Gasteiger partial charge in [-0.15, -0.1) is 0 Å². The van der Waals surface area contributed by atoms with Crippen molar-refractivity contribution in [3.05, 3.63) is 33.8 Å². The van der Waals surface area contributed by atoms with Gasteiger partial charge in [0.1, 0.15) is 6.04 Å². The van der Waals surface area contributed by atoms with Crippen molar-refractivity contribution in [3.8, 4) is 0 Å². The molecule has 6 nitrogen and oxygen atoms in total. The smallest absolute Gasteiger partial charge is 0.326 e. The van der Waals surface area contributed by atoms with E-state index in [0.717, 1.165) is 5.75 Å². The molecule has 0 fully saturated rings. The highest BCUT2D eigenvalue weighted by atomic mass is 35.5. The first-order valence-corrected chi connectivity index (χ1v) is 9.09. The molecule has 0 aliphatic heterocycles. The molecule has 0 radical (unpaired) electrons. The number of hydrogen-bond donors (Lipinski definition) is 3. The van der Waals surface area contributed by atoms with E-state index in [2.05, 4.69) is 10.6 Å². The molecule has 132 valence electrons. The first kappa shape index (κ1) is 20.6. The van der Waals surface area contributed by atoms with E-state index in [1.165, 1.54) is 18.2 Å². The Labute approximate surface area is 154 Å². The second-order valence-electron chi connectivity index (χ2n) is 4.75. The molecule has 0 aliphatic carbocycles. The molecule has 2 amide bonds. The number of carbonyl (C=O) groups excluding carboxylic acids is 2. The van der Waals surface area contributed by atoms with Crippen LogP contribution < -0.4 is 10.6 Å². The van der Waals surface area contributed by atoms with E-state index >= 15 is 0 Å². The fourth-order valence-electron chi connectivity index (χ4n) is 1.78. The Morgan fingerprint density at radius 2 is 2.00 bits per heavy atom. The van der Waals surface area contributed by atoms with Crippen LogP contribution in [0.1, 0.15) is 23.7 Å². The summed E-state index contributed by atoms with van der Waals surface area (Å²) in [7, 11) is 0. The predicted molar refractivity (Wildman–Crippen MR) is 96.0 cm³/mol. The average molecular weight is 393 g/mol. The zero-order chi connectivity index (χ0) is 18.1. The number of rotatable bonds is 9. The number of benzene rings is 1. The van der Waals surface area contributed by atoms with Gasteiger partial charge >= 0.3 is 5.97 Å². The third kappa shape index (κ3) is 6.98. The Hall–Kier alpha value is -1.44. The van der Waals surface area contributed by atoms with E-state index in [1.807, 2.05) is 6.92 Å². The second-order valence-corrected chi connectivity index (χ2v) is 6.99. The summed E-state index contributed by atoms with van der Waals surface area (Å²) in [4.78, 5) is 34.9. The fourth-order valence-corrected chi connectivity index (χ4v) is 2.96. The van der Waals surface area contributed by atoms with Crippen molar-refractivity contribution in [2.24, 2.45) is 0 Å². The molecular formula is C15H18Cl2N2O4S. The number of carboxylic acid groups (broad SMARTS) is 1. The number of nitrogens with one attached hydrogen (secondary N) is 2. The highest BCUT2D eigenvalue weighted by Crippen LogP contribution is 2.20. The number of aliphatic carboxylic acids is 1. The molecule has 1 aromatic carbocycles. The maximum Gasteiger partial charge on any atom is 0.326 e. The van der Waals surface area contributed by atoms with E-state index in [1.54, 1.807) is 11.8 Å². The molecule has 0 saturated heterocycles. The first-order valence-electron chi connectivity index (χ1n) is 7.18. The zero-order valence-electron chi connectivity index (χ0n) is 13.0. The Morgan fingerprint density at radius 3 is 2.58 bits per heavy atom. The van der Waals surface area contributed by atoms with Gasteiger partial charge in [0, 0.05) is 5.02 Å². The van der Waals surface area contributed by atoms with Crippen molar-refractivity contribution in [1.29, 1.82) is 0 Å². The number of amides is 2. The minimum atomic E-state index is -1.10. The lowest BCUT2D eigenvalue weighted by Gasteiger charge is -2.14. The monoisotopic (exact) mass is 392 g/mol. The summed E-state index contributed by atoms with van der Waals surface area (Å²) in [6.45, 7) is 1.62. The number of carbonyl (C=O) groups is 3. The predicted octanol–water partition coefficient (Wildman–Crippen LogP) is 2.44. The van der Waals surface area contributed by atoms with Crippen LogP contribution in [0.25, 0.3) is 0 Å². The maximum atomic E-state index is 12.0. The lowest BCUT2D eigenvalue weighted by molar-refractivity contribution is -0.141. The standard InChI is InChI=1S/C15H18Cl2N2O4S/c1-2-24-6-5-12(15(22)23)19-13(20)8-18-14(21)10-4-3-9(16)7-11(10)17/h3-4,7,12H,2,5-6,8H2,1H3,(H,18,21)(H,19,20)(H,22,23). The molecule has 1 aromatic rings. The third-order valence-electron chi connectivity index (χ3n) is 2.97. The number of halogens is 2. The summed E-state index contributed by atoms with van der Waals surface area (Å²) in [5.74, 6) is -0.728. The molecule has 24 heavy (non-hydrogen) atoms. The van der Waals surface area contributed by atoms with E-state index in [4.69, 9.17) is 28.3 Å². The molecule has 0 saturated carbocycles. The van der Waals surface area contributed by atoms with Crippen molar-refractivity contribution in [3.63, 3.8) is 0 Å². The highest BCUT2D eigenvalue weighted by Gasteiger charge is 2.20. The van der Waals surface area contributed by atoms with Crippen molar-refractivity contribution in [1.82, 2.24) is 10.6 Å². The summed E-state index contributed by atoms with van der Waals surface area (Å²) >= 11 is 13.3. The third-order valence-corrected chi connectivity index (χ3v) is 4.45. The van der Waals surface area contributed by atoms with Crippen LogP contribution in [0.2, 0.25) is 10.0 Å². The van der Waals surface area contributed by atoms with Gasteiger partial charge < -0.3 is 15.7 Å². The van der Waals surface area contributed by atoms with Gasteiger partial charge in [-0.25, -0.2) is 4.79 Å². The van der Waals surface area contributed by atoms with Crippen LogP contribution in [0.15, 0.2) is 18.2 Å². The molecular weight excluding hydrogens is 375 g/mol. The molecule has 1 unspecified atom stereocenters. The summed E-state index contributed by atoms with van der Waals surface area (Å²) in [5.41, 5.74) is 0.183. The van der Waals surface area contributed by atoms with Gasteiger partial charge in [-0.3, -0.25) is 9.59 Å². The van der Waals surface area contributed by atoms with Crippen LogP contribution in [0.4, 0.5) is 0 Å². The summed E-state index contributed by atoms with van der Waals surface area (Å²) in [6, 6.07) is 3.39. The number of hydrogen-bond acceptors (Lipinski definition) is 4. The molecule has 0 aliphatic rings. The van der Waals surface area contributed by atoms with Crippen molar-refractivity contribution >= 4 is 52.7 Å². The molecule has 1 atom stereocenters. The van der Waals surface area contributed by atoms with Gasteiger partial charge in [0.05, 0.1) is 17.1 Å². The van der Waals surface area contributed by atoms with Crippen LogP contribution in [-0.4, -0.2) is 47.0 Å². The van der Waals surface area contributed by atoms with Gasteiger partial charge in [-0.05, 0) is 36.1 Å². The van der Waals surface area contributed by atoms with Crippen LogP contribution in [0, 0.1) is 0 Å². The normalized spacial score (nSPS) is 11.6. The topological polar surface area (TPSA) is 95.5 Å². The van der Waals surface area contributed by atoms with E-state index < -0.39 is 23.8 Å². The van der Waals surface area contributed by atoms with E-state index in [9.17, 15) is 14.4 Å². The van der Waals surface area contributed by atoms with E-state index in [-0.39, 0.29) is 17.1 Å². The van der Waals surface area contributed by atoms with Crippen LogP contribution in [-0.2, 0) is 9.59 Å². The summed E-state index contributed by atoms with van der Waals surface area (Å²) in [6.07, 6.45) is 0.316. The van der Waals surface area contributed by atoms with Crippen LogP contribution >= 0.6 is 35.0 Å². The lowest BCUT2D eigenvalue weighted by Crippen LogP contribution is -2.45. The molecule has 1 rings (SSSR count). The Balaban J connectivity index is 2.51. The highest BCUT2D eigenvalue weighted by molar-refractivity contribution is 7.99. The molecule has 9 heteroatoms. The quantitative estimate of drug-likeness (QED) is 0.560. The number of thioether (sulfide) groups is 1. The largest absolute Gasteiger partial charge is 0.480 e. The summed E-state index contributed by atoms with van der Waals surface area (Å²) in [5, 5.41) is 14.4. The molecule has 0 aromatic heterocycles. The molecule has 3 N–H and O–H groups in total. The minimum absolute atomic E-state index is 0.167. The van der Waals surface area contributed by atoms with Gasteiger partial charge in [0.2, 0.25) is 5.91 Å². The maximum absolute atomic E-state index is 12.0. The average Bonchev–Trinajstić information content (AvgIpc) is 2.51. The first-order chi connectivity index (χ1) is 11.3. The Kier molecular flexibility index (Phi) is 8.95. The van der Waals surface area contributed by atoms with Gasteiger partial charge in [-0.1, -0.05) is 30.1 Å². The fraction of sp³-hybridized carbons (Fsp3) is 0.400. The Morgan fingerprint density at radius 1 is 1.29 bits per heavy atom. The number of carboxylic acids is 1. The Bertz CT molecular complexity index is 613. The molecule has 0 spiro atoms. The second kappa shape index (κ2) is 10.4.